The summed E-state index contributed by atoms with van der Waals surface area (Å²) in [5.74, 6) is -2.91. The zero-order valence-corrected chi connectivity index (χ0v) is 16.0. The molecule has 2 aromatic carbocycles. The highest BCUT2D eigenvalue weighted by Gasteiger charge is 2.32. The fourth-order valence-corrected chi connectivity index (χ4v) is 3.14. The standard InChI is InChI=1S/C21H23F2NO4/c1-13(17-8-7-15(22)11-18(17)23)9-19(25)24-21(2,12-20(26)27)14-5-4-6-16(10-14)28-3/h4-8,10-11,13H,9,12H2,1-3H3,(H,24,25)(H,26,27). The van der Waals surface area contributed by atoms with Crippen LogP contribution in [0.25, 0.3) is 0 Å². The van der Waals surface area contributed by atoms with Crippen LogP contribution >= 0.6 is 0 Å². The molecule has 0 bridgehead atoms. The molecule has 0 spiro atoms. The Kier molecular flexibility index (Phi) is 6.72. The first-order valence-electron chi connectivity index (χ1n) is 8.77. The van der Waals surface area contributed by atoms with Crippen LogP contribution in [0.3, 0.4) is 0 Å². The topological polar surface area (TPSA) is 75.6 Å². The monoisotopic (exact) mass is 391 g/mol. The Morgan fingerprint density at radius 2 is 1.93 bits per heavy atom. The number of nitrogens with one attached hydrogen (secondary N) is 1. The van der Waals surface area contributed by atoms with Crippen molar-refractivity contribution in [3.05, 3.63) is 65.2 Å². The molecule has 7 heteroatoms. The Hall–Kier alpha value is -2.96. The molecule has 0 radical (unpaired) electrons. The highest BCUT2D eigenvalue weighted by atomic mass is 19.1. The quantitative estimate of drug-likeness (QED) is 0.714. The second kappa shape index (κ2) is 8.82. The Balaban J connectivity index is 2.21. The smallest absolute Gasteiger partial charge is 0.306 e. The molecular weight excluding hydrogens is 368 g/mol. The van der Waals surface area contributed by atoms with Gasteiger partial charge in [-0.25, -0.2) is 8.78 Å². The summed E-state index contributed by atoms with van der Waals surface area (Å²) in [4.78, 5) is 24.0. The molecule has 0 saturated heterocycles. The van der Waals surface area contributed by atoms with E-state index in [-0.39, 0.29) is 18.4 Å². The van der Waals surface area contributed by atoms with E-state index >= 15 is 0 Å². The van der Waals surface area contributed by atoms with Gasteiger partial charge in [0.05, 0.1) is 19.1 Å². The minimum Gasteiger partial charge on any atom is -0.497 e. The minimum atomic E-state index is -1.18. The SMILES string of the molecule is COc1cccc(C(C)(CC(=O)O)NC(=O)CC(C)c2ccc(F)cc2F)c1. The number of amides is 1. The van der Waals surface area contributed by atoms with Crippen LogP contribution in [-0.2, 0) is 15.1 Å². The number of benzene rings is 2. The van der Waals surface area contributed by atoms with Crippen molar-refractivity contribution in [3.8, 4) is 5.75 Å². The molecule has 1 amide bonds. The molecule has 150 valence electrons. The maximum absolute atomic E-state index is 13.9. The van der Waals surface area contributed by atoms with Crippen molar-refractivity contribution >= 4 is 11.9 Å². The van der Waals surface area contributed by atoms with E-state index in [0.717, 1.165) is 12.1 Å². The molecule has 2 rings (SSSR count). The molecule has 0 aliphatic rings. The third-order valence-electron chi connectivity index (χ3n) is 4.61. The van der Waals surface area contributed by atoms with Crippen LogP contribution in [0.15, 0.2) is 42.5 Å². The van der Waals surface area contributed by atoms with Crippen LogP contribution in [-0.4, -0.2) is 24.1 Å². The first-order valence-corrected chi connectivity index (χ1v) is 8.77. The first kappa shape index (κ1) is 21.3. The molecule has 0 saturated carbocycles. The first-order chi connectivity index (χ1) is 13.1. The molecule has 2 N–H and O–H groups in total. The van der Waals surface area contributed by atoms with Gasteiger partial charge < -0.3 is 15.2 Å². The third-order valence-corrected chi connectivity index (χ3v) is 4.61. The van der Waals surface area contributed by atoms with Gasteiger partial charge >= 0.3 is 5.97 Å². The maximum atomic E-state index is 13.9. The van der Waals surface area contributed by atoms with Crippen molar-refractivity contribution < 1.29 is 28.2 Å². The van der Waals surface area contributed by atoms with Gasteiger partial charge in [-0.2, -0.15) is 0 Å². The molecule has 5 nitrogen and oxygen atoms in total. The van der Waals surface area contributed by atoms with Crippen LogP contribution in [0.2, 0.25) is 0 Å². The number of hydrogen-bond donors (Lipinski definition) is 2. The number of aliphatic carboxylic acids is 1. The van der Waals surface area contributed by atoms with E-state index in [0.29, 0.717) is 11.3 Å². The molecule has 2 aromatic rings. The lowest BCUT2D eigenvalue weighted by molar-refractivity contribution is -0.139. The second-order valence-electron chi connectivity index (χ2n) is 6.95. The number of ether oxygens (including phenoxy) is 1. The van der Waals surface area contributed by atoms with Gasteiger partial charge in [0, 0.05) is 12.5 Å². The molecule has 2 unspecified atom stereocenters. The summed E-state index contributed by atoms with van der Waals surface area (Å²) in [6.45, 7) is 3.26. The normalized spacial score (nSPS) is 14.0. The van der Waals surface area contributed by atoms with Crippen LogP contribution in [0.5, 0.6) is 5.75 Å². The number of rotatable bonds is 8. The van der Waals surface area contributed by atoms with Gasteiger partial charge in [0.2, 0.25) is 5.91 Å². The van der Waals surface area contributed by atoms with Gasteiger partial charge in [-0.3, -0.25) is 9.59 Å². The van der Waals surface area contributed by atoms with E-state index in [1.165, 1.54) is 13.2 Å². The lowest BCUT2D eigenvalue weighted by Gasteiger charge is -2.31. The average Bonchev–Trinajstić information content (AvgIpc) is 2.60. The van der Waals surface area contributed by atoms with Crippen LogP contribution in [0.1, 0.15) is 43.7 Å². The fraction of sp³-hybridized carbons (Fsp3) is 0.333. The predicted molar refractivity (Wildman–Crippen MR) is 100 cm³/mol. The summed E-state index contributed by atoms with van der Waals surface area (Å²) >= 11 is 0. The van der Waals surface area contributed by atoms with Gasteiger partial charge in [0.15, 0.2) is 0 Å². The van der Waals surface area contributed by atoms with Gasteiger partial charge in [-0.15, -0.1) is 0 Å². The molecule has 0 fully saturated rings. The summed E-state index contributed by atoms with van der Waals surface area (Å²) < 4.78 is 32.2. The van der Waals surface area contributed by atoms with Crippen molar-refractivity contribution in [3.63, 3.8) is 0 Å². The number of hydrogen-bond acceptors (Lipinski definition) is 3. The number of methoxy groups -OCH3 is 1. The summed E-state index contributed by atoms with van der Waals surface area (Å²) in [6.07, 6.45) is -0.424. The summed E-state index contributed by atoms with van der Waals surface area (Å²) in [6, 6.07) is 10.00. The average molecular weight is 391 g/mol. The van der Waals surface area contributed by atoms with E-state index in [9.17, 15) is 23.5 Å². The lowest BCUT2D eigenvalue weighted by Crippen LogP contribution is -2.45. The minimum absolute atomic E-state index is 0.0816. The van der Waals surface area contributed by atoms with E-state index in [2.05, 4.69) is 5.32 Å². The van der Waals surface area contributed by atoms with E-state index in [4.69, 9.17) is 4.74 Å². The van der Waals surface area contributed by atoms with Gasteiger partial charge in [-0.05, 0) is 42.2 Å². The van der Waals surface area contributed by atoms with Crippen LogP contribution < -0.4 is 10.1 Å². The summed E-state index contributed by atoms with van der Waals surface area (Å²) in [7, 11) is 1.49. The Bertz CT molecular complexity index is 871. The van der Waals surface area contributed by atoms with Crippen molar-refractivity contribution in [2.24, 2.45) is 0 Å². The number of carbonyl (C=O) groups excluding carboxylic acids is 1. The Morgan fingerprint density at radius 1 is 1.21 bits per heavy atom. The molecule has 0 heterocycles. The number of carbonyl (C=O) groups is 2. The Morgan fingerprint density at radius 3 is 2.54 bits per heavy atom. The maximum Gasteiger partial charge on any atom is 0.306 e. The van der Waals surface area contributed by atoms with Crippen LogP contribution in [0.4, 0.5) is 8.78 Å². The van der Waals surface area contributed by atoms with Crippen molar-refractivity contribution in [1.29, 1.82) is 0 Å². The molecule has 2 atom stereocenters. The molecule has 28 heavy (non-hydrogen) atoms. The van der Waals surface area contributed by atoms with Gasteiger partial charge in [-0.1, -0.05) is 25.1 Å². The lowest BCUT2D eigenvalue weighted by atomic mass is 9.87. The zero-order chi connectivity index (χ0) is 20.9. The molecule has 0 aliphatic heterocycles. The highest BCUT2D eigenvalue weighted by molar-refractivity contribution is 5.79. The predicted octanol–water partition coefficient (Wildman–Crippen LogP) is 3.97. The summed E-state index contributed by atoms with van der Waals surface area (Å²) in [5.41, 5.74) is -0.389. The largest absolute Gasteiger partial charge is 0.497 e. The number of halogens is 2. The highest BCUT2D eigenvalue weighted by Crippen LogP contribution is 2.29. The van der Waals surface area contributed by atoms with Crippen molar-refractivity contribution in [1.82, 2.24) is 5.32 Å². The van der Waals surface area contributed by atoms with Gasteiger partial charge in [0.25, 0.3) is 0 Å². The van der Waals surface area contributed by atoms with Crippen LogP contribution in [0, 0.1) is 11.6 Å². The van der Waals surface area contributed by atoms with E-state index in [1.54, 1.807) is 38.1 Å². The van der Waals surface area contributed by atoms with Gasteiger partial charge in [0.1, 0.15) is 17.4 Å². The second-order valence-corrected chi connectivity index (χ2v) is 6.95. The van der Waals surface area contributed by atoms with E-state index in [1.807, 2.05) is 0 Å². The number of carboxylic acids is 1. The number of carboxylic acid groups (broad SMARTS) is 1. The fourth-order valence-electron chi connectivity index (χ4n) is 3.14. The van der Waals surface area contributed by atoms with E-state index < -0.39 is 35.0 Å². The van der Waals surface area contributed by atoms with Crippen molar-refractivity contribution in [2.45, 2.75) is 38.1 Å². The Labute approximate surface area is 162 Å². The third kappa shape index (κ3) is 5.28. The molecular formula is C21H23F2NO4. The molecule has 0 aromatic heterocycles. The molecule has 0 aliphatic carbocycles. The summed E-state index contributed by atoms with van der Waals surface area (Å²) in [5, 5.41) is 12.1. The zero-order valence-electron chi connectivity index (χ0n) is 16.0. The van der Waals surface area contributed by atoms with Crippen molar-refractivity contribution in [2.75, 3.05) is 7.11 Å².